The highest BCUT2D eigenvalue weighted by Crippen LogP contribution is 2.44. The SMILES string of the molecule is O=C1Nc2ccc(Br)c(F)c2C1(O)c1ccc(F)cc1. The Morgan fingerprint density at radius 3 is 2.40 bits per heavy atom. The van der Waals surface area contributed by atoms with Gasteiger partial charge in [0.15, 0.2) is 5.60 Å². The number of fused-ring (bicyclic) bond motifs is 1. The van der Waals surface area contributed by atoms with Crippen molar-refractivity contribution in [2.24, 2.45) is 0 Å². The second-order valence-corrected chi connectivity index (χ2v) is 5.31. The van der Waals surface area contributed by atoms with Crippen molar-refractivity contribution in [2.45, 2.75) is 5.60 Å². The van der Waals surface area contributed by atoms with Crippen molar-refractivity contribution in [2.75, 3.05) is 5.32 Å². The van der Waals surface area contributed by atoms with Crippen molar-refractivity contribution < 1.29 is 18.7 Å². The average Bonchev–Trinajstić information content (AvgIpc) is 2.68. The van der Waals surface area contributed by atoms with E-state index in [0.717, 1.165) is 12.1 Å². The van der Waals surface area contributed by atoms with Crippen LogP contribution in [-0.4, -0.2) is 11.0 Å². The zero-order chi connectivity index (χ0) is 14.5. The van der Waals surface area contributed by atoms with E-state index in [4.69, 9.17) is 0 Å². The van der Waals surface area contributed by atoms with Gasteiger partial charge in [-0.3, -0.25) is 4.79 Å². The molecule has 0 aromatic heterocycles. The summed E-state index contributed by atoms with van der Waals surface area (Å²) in [5, 5.41) is 13.1. The molecule has 2 N–H and O–H groups in total. The van der Waals surface area contributed by atoms with Crippen LogP contribution in [-0.2, 0) is 10.4 Å². The lowest BCUT2D eigenvalue weighted by Crippen LogP contribution is -2.36. The molecule has 1 atom stereocenters. The van der Waals surface area contributed by atoms with Crippen LogP contribution in [0.4, 0.5) is 14.5 Å². The Hall–Kier alpha value is -1.79. The van der Waals surface area contributed by atoms with Gasteiger partial charge in [0.1, 0.15) is 11.6 Å². The Labute approximate surface area is 121 Å². The zero-order valence-corrected chi connectivity index (χ0v) is 11.5. The first-order valence-electron chi connectivity index (χ1n) is 5.73. The molecule has 20 heavy (non-hydrogen) atoms. The van der Waals surface area contributed by atoms with Crippen molar-refractivity contribution in [1.82, 2.24) is 0 Å². The molecule has 1 aliphatic rings. The Bertz CT molecular complexity index is 718. The molecular weight excluding hydrogens is 332 g/mol. The van der Waals surface area contributed by atoms with Gasteiger partial charge in [0.2, 0.25) is 0 Å². The van der Waals surface area contributed by atoms with Gasteiger partial charge in [0.05, 0.1) is 15.7 Å². The number of halogens is 3. The number of hydrogen-bond acceptors (Lipinski definition) is 2. The van der Waals surface area contributed by atoms with Crippen LogP contribution in [0.25, 0.3) is 0 Å². The molecule has 1 heterocycles. The second kappa shape index (κ2) is 4.36. The van der Waals surface area contributed by atoms with Gasteiger partial charge in [0, 0.05) is 0 Å². The maximum atomic E-state index is 14.3. The van der Waals surface area contributed by atoms with Crippen LogP contribution in [0.3, 0.4) is 0 Å². The van der Waals surface area contributed by atoms with Gasteiger partial charge in [-0.1, -0.05) is 12.1 Å². The molecule has 0 spiro atoms. The number of aliphatic hydroxyl groups is 1. The van der Waals surface area contributed by atoms with E-state index >= 15 is 0 Å². The number of nitrogens with one attached hydrogen (secondary N) is 1. The van der Waals surface area contributed by atoms with Crippen LogP contribution >= 0.6 is 15.9 Å². The summed E-state index contributed by atoms with van der Waals surface area (Å²) >= 11 is 3.02. The summed E-state index contributed by atoms with van der Waals surface area (Å²) in [7, 11) is 0. The van der Waals surface area contributed by atoms with E-state index in [9.17, 15) is 18.7 Å². The lowest BCUT2D eigenvalue weighted by Gasteiger charge is -2.22. The van der Waals surface area contributed by atoms with Gasteiger partial charge >= 0.3 is 0 Å². The normalized spacial score (nSPS) is 20.7. The topological polar surface area (TPSA) is 49.3 Å². The maximum Gasteiger partial charge on any atom is 0.265 e. The van der Waals surface area contributed by atoms with E-state index in [1.807, 2.05) is 0 Å². The summed E-state index contributed by atoms with van der Waals surface area (Å²) in [6.07, 6.45) is 0. The van der Waals surface area contributed by atoms with Crippen molar-refractivity contribution >= 4 is 27.5 Å². The van der Waals surface area contributed by atoms with E-state index in [1.165, 1.54) is 24.3 Å². The Morgan fingerprint density at radius 1 is 1.10 bits per heavy atom. The fraction of sp³-hybridized carbons (Fsp3) is 0.0714. The van der Waals surface area contributed by atoms with Crippen LogP contribution in [0.15, 0.2) is 40.9 Å². The van der Waals surface area contributed by atoms with Crippen LogP contribution < -0.4 is 5.32 Å². The number of amides is 1. The average molecular weight is 340 g/mol. The quantitative estimate of drug-likeness (QED) is 0.839. The molecular formula is C14H8BrF2NO2. The third-order valence-corrected chi connectivity index (χ3v) is 3.91. The molecule has 3 nitrogen and oxygen atoms in total. The standard InChI is InChI=1S/C14H8BrF2NO2/c15-9-5-6-10-11(12(9)17)14(20,13(19)18-10)7-1-3-8(16)4-2-7/h1-6,20H,(H,18,19). The molecule has 2 aromatic rings. The molecule has 1 amide bonds. The largest absolute Gasteiger partial charge is 0.372 e. The highest BCUT2D eigenvalue weighted by molar-refractivity contribution is 9.10. The van der Waals surface area contributed by atoms with Gasteiger partial charge < -0.3 is 10.4 Å². The number of carbonyl (C=O) groups is 1. The Morgan fingerprint density at radius 2 is 1.75 bits per heavy atom. The maximum absolute atomic E-state index is 14.3. The fourth-order valence-corrected chi connectivity index (χ4v) is 2.63. The van der Waals surface area contributed by atoms with Crippen LogP contribution in [0.5, 0.6) is 0 Å². The molecule has 0 bridgehead atoms. The van der Waals surface area contributed by atoms with E-state index in [2.05, 4.69) is 21.2 Å². The lowest BCUT2D eigenvalue weighted by atomic mass is 9.87. The molecule has 0 saturated carbocycles. The minimum absolute atomic E-state index is 0.104. The Kier molecular flexibility index (Phi) is 2.88. The molecule has 0 aliphatic carbocycles. The summed E-state index contributed by atoms with van der Waals surface area (Å²) in [5.41, 5.74) is -2.03. The number of carbonyl (C=O) groups excluding carboxylic acids is 1. The molecule has 2 aromatic carbocycles. The molecule has 0 saturated heterocycles. The number of rotatable bonds is 1. The van der Waals surface area contributed by atoms with Crippen LogP contribution in [0.1, 0.15) is 11.1 Å². The molecule has 1 aliphatic heterocycles. The van der Waals surface area contributed by atoms with Gasteiger partial charge in [0.25, 0.3) is 5.91 Å². The molecule has 6 heteroatoms. The van der Waals surface area contributed by atoms with E-state index in [0.29, 0.717) is 0 Å². The summed E-state index contributed by atoms with van der Waals surface area (Å²) in [6.45, 7) is 0. The van der Waals surface area contributed by atoms with Crippen molar-refractivity contribution in [3.8, 4) is 0 Å². The number of benzene rings is 2. The van der Waals surface area contributed by atoms with Crippen molar-refractivity contribution in [3.05, 3.63) is 63.6 Å². The summed E-state index contributed by atoms with van der Waals surface area (Å²) < 4.78 is 27.4. The minimum Gasteiger partial charge on any atom is -0.372 e. The minimum atomic E-state index is -2.17. The number of hydrogen-bond donors (Lipinski definition) is 2. The van der Waals surface area contributed by atoms with E-state index in [-0.39, 0.29) is 21.3 Å². The zero-order valence-electron chi connectivity index (χ0n) is 9.95. The van der Waals surface area contributed by atoms with E-state index in [1.54, 1.807) is 0 Å². The summed E-state index contributed by atoms with van der Waals surface area (Å²) in [6, 6.07) is 7.64. The molecule has 3 rings (SSSR count). The monoisotopic (exact) mass is 339 g/mol. The molecule has 1 unspecified atom stereocenters. The van der Waals surface area contributed by atoms with Crippen molar-refractivity contribution in [3.63, 3.8) is 0 Å². The van der Waals surface area contributed by atoms with Gasteiger partial charge in [-0.25, -0.2) is 8.78 Å². The third kappa shape index (κ3) is 1.68. The smallest absolute Gasteiger partial charge is 0.265 e. The number of anilines is 1. The lowest BCUT2D eigenvalue weighted by molar-refractivity contribution is -0.129. The van der Waals surface area contributed by atoms with Crippen molar-refractivity contribution in [1.29, 1.82) is 0 Å². The fourth-order valence-electron chi connectivity index (χ4n) is 2.30. The first-order chi connectivity index (χ1) is 9.44. The molecule has 102 valence electrons. The molecule has 0 radical (unpaired) electrons. The predicted molar refractivity (Wildman–Crippen MR) is 72.1 cm³/mol. The summed E-state index contributed by atoms with van der Waals surface area (Å²) in [4.78, 5) is 12.1. The van der Waals surface area contributed by atoms with E-state index < -0.39 is 23.1 Å². The van der Waals surface area contributed by atoms with Gasteiger partial charge in [-0.05, 0) is 45.8 Å². The van der Waals surface area contributed by atoms with Crippen LogP contribution in [0.2, 0.25) is 0 Å². The second-order valence-electron chi connectivity index (χ2n) is 4.46. The third-order valence-electron chi connectivity index (χ3n) is 3.30. The first-order valence-corrected chi connectivity index (χ1v) is 6.52. The van der Waals surface area contributed by atoms with Gasteiger partial charge in [-0.2, -0.15) is 0 Å². The molecule has 0 fully saturated rings. The van der Waals surface area contributed by atoms with Crippen LogP contribution in [0, 0.1) is 11.6 Å². The first kappa shape index (κ1) is 13.2. The van der Waals surface area contributed by atoms with Gasteiger partial charge in [-0.15, -0.1) is 0 Å². The highest BCUT2D eigenvalue weighted by Gasteiger charge is 2.49. The Balaban J connectivity index is 2.27. The highest BCUT2D eigenvalue weighted by atomic mass is 79.9. The predicted octanol–water partition coefficient (Wildman–Crippen LogP) is 2.92. The summed E-state index contributed by atoms with van der Waals surface area (Å²) in [5.74, 6) is -2.01.